The Hall–Kier alpha value is -6.02. The molecule has 0 aliphatic carbocycles. The van der Waals surface area contributed by atoms with Gasteiger partial charge in [0.15, 0.2) is 11.8 Å². The molecule has 0 spiro atoms. The van der Waals surface area contributed by atoms with Crippen LogP contribution in [0.1, 0.15) is 45.6 Å². The molecule has 1 fully saturated rings. The van der Waals surface area contributed by atoms with Gasteiger partial charge < -0.3 is 72.8 Å². The van der Waals surface area contributed by atoms with E-state index >= 15 is 0 Å². The summed E-state index contributed by atoms with van der Waals surface area (Å²) in [5, 5.41) is 59.1. The number of hydrogen-bond acceptors (Lipinski definition) is 14. The first-order valence-corrected chi connectivity index (χ1v) is 21.8. The van der Waals surface area contributed by atoms with E-state index in [2.05, 4.69) is 37.2 Å². The van der Waals surface area contributed by atoms with Crippen molar-refractivity contribution < 1.29 is 68.1 Å². The van der Waals surface area contributed by atoms with Crippen molar-refractivity contribution in [3.63, 3.8) is 0 Å². The van der Waals surface area contributed by atoms with Gasteiger partial charge in [-0.25, -0.2) is 0 Å². The van der Waals surface area contributed by atoms with Crippen molar-refractivity contribution in [2.24, 2.45) is 17.6 Å². The summed E-state index contributed by atoms with van der Waals surface area (Å²) in [5.41, 5.74) is 5.78. The van der Waals surface area contributed by atoms with Crippen molar-refractivity contribution in [2.45, 2.75) is 94.9 Å². The monoisotopic (exact) mass is 918 g/mol. The Labute approximate surface area is 369 Å². The van der Waals surface area contributed by atoms with Crippen LogP contribution >= 0.6 is 0 Å². The third-order valence-corrected chi connectivity index (χ3v) is 12.9. The van der Waals surface area contributed by atoms with E-state index in [9.17, 15) is 68.1 Å². The lowest BCUT2D eigenvalue weighted by atomic mass is 9.94. The number of nitrogens with one attached hydrogen (secondary N) is 7. The first-order valence-electron chi connectivity index (χ1n) is 20.6. The number of hydrogen-bond donors (Lipinski definition) is 12. The molecule has 13 N–H and O–H groups in total. The fraction of sp³-hybridized carbons (Fsp3) is 0.564. The van der Waals surface area contributed by atoms with E-state index in [0.29, 0.717) is 6.42 Å². The van der Waals surface area contributed by atoms with Gasteiger partial charge in [0.1, 0.15) is 41.5 Å². The molecule has 0 radical (unpaired) electrons. The number of phenols is 1. The van der Waals surface area contributed by atoms with Crippen molar-refractivity contribution >= 4 is 75.4 Å². The maximum absolute atomic E-state index is 14.4. The highest BCUT2D eigenvalue weighted by molar-refractivity contribution is 7.90. The van der Waals surface area contributed by atoms with Crippen LogP contribution in [-0.4, -0.2) is 167 Å². The summed E-state index contributed by atoms with van der Waals surface area (Å²) >= 11 is -2.36. The maximum atomic E-state index is 14.4. The van der Waals surface area contributed by atoms with Gasteiger partial charge >= 0.3 is 0 Å². The molecule has 350 valence electrons. The Morgan fingerprint density at radius 3 is 2.22 bits per heavy atom. The summed E-state index contributed by atoms with van der Waals surface area (Å²) in [7, 11) is 0. The fourth-order valence-corrected chi connectivity index (χ4v) is 8.97. The number of aliphatic hydroxyl groups is 3. The highest BCUT2D eigenvalue weighted by atomic mass is 32.2. The van der Waals surface area contributed by atoms with Gasteiger partial charge in [-0.05, 0) is 23.6 Å². The highest BCUT2D eigenvalue weighted by Gasteiger charge is 2.45. The molecule has 4 heterocycles. The van der Waals surface area contributed by atoms with E-state index in [-0.39, 0.29) is 22.2 Å². The van der Waals surface area contributed by atoms with Crippen molar-refractivity contribution in [3.8, 4) is 5.75 Å². The van der Waals surface area contributed by atoms with Gasteiger partial charge in [-0.15, -0.1) is 0 Å². The minimum absolute atomic E-state index is 0.0843. The highest BCUT2D eigenvalue weighted by Crippen LogP contribution is 2.29. The van der Waals surface area contributed by atoms with Crippen LogP contribution in [0.2, 0.25) is 0 Å². The Morgan fingerprint density at radius 1 is 0.891 bits per heavy atom. The average molecular weight is 919 g/mol. The average Bonchev–Trinajstić information content (AvgIpc) is 3.82. The second-order valence-electron chi connectivity index (χ2n) is 16.1. The fourth-order valence-electron chi connectivity index (χ4n) is 7.68. The minimum atomic E-state index is -2.36. The second kappa shape index (κ2) is 21.1. The molecule has 1 aromatic heterocycles. The van der Waals surface area contributed by atoms with E-state index < -0.39 is 176 Å². The molecule has 4 bridgehead atoms. The Morgan fingerprint density at radius 2 is 1.56 bits per heavy atom. The van der Waals surface area contributed by atoms with Gasteiger partial charge in [0.05, 0.1) is 55.9 Å². The van der Waals surface area contributed by atoms with Crippen LogP contribution in [0.25, 0.3) is 10.9 Å². The van der Waals surface area contributed by atoms with E-state index in [1.54, 1.807) is 13.8 Å². The third kappa shape index (κ3) is 11.6. The van der Waals surface area contributed by atoms with Gasteiger partial charge in [-0.1, -0.05) is 27.2 Å². The van der Waals surface area contributed by atoms with E-state index in [0.717, 1.165) is 8.87 Å². The number of aromatic hydroxyl groups is 1. The number of amides is 9. The second-order valence-corrected chi connectivity index (χ2v) is 17.5. The molecular weight excluding hydrogens is 865 g/mol. The first kappa shape index (κ1) is 49.0. The molecule has 5 rings (SSSR count). The standard InChI is InChI=1S/C39H54N10O14S/c1-4-17(2)32-37(60)42-11-30(55)43-25-16-64(63)49-13-19(22-6-5-20(51)8-26(22)49)7-23(34(57)41-12-31(56)46-32)44-38(61)33(18(3)28(53)15-50)47-36(59)27-9-21(52)14-48(27)39(62)24(10-29(40)54)45-35(25)58/h5-6,8,13,17-18,21,23-25,27-28,32-33,50-53H,4,7,9-12,14-16H2,1-3H3,(H2,40,54)(H,41,57)(H,42,60)(H,43,55)(H,44,61)(H,45,58)(H,46,56)(H,47,59)/t17-,18-,21+,23-,24-,25-,27-,28-,32-,33-,64?/m0/s1. The zero-order chi connectivity index (χ0) is 47.2. The summed E-state index contributed by atoms with van der Waals surface area (Å²) in [5.74, 6) is -12.0. The third-order valence-electron chi connectivity index (χ3n) is 11.5. The van der Waals surface area contributed by atoms with Gasteiger partial charge in [0.2, 0.25) is 53.2 Å². The molecule has 11 atom stereocenters. The summed E-state index contributed by atoms with van der Waals surface area (Å²) in [6.07, 6.45) is -3.02. The summed E-state index contributed by atoms with van der Waals surface area (Å²) in [4.78, 5) is 124. The number of aromatic nitrogens is 1. The normalized spacial score (nSPS) is 28.5. The lowest BCUT2D eigenvalue weighted by Gasteiger charge is -2.32. The predicted octanol–water partition coefficient (Wildman–Crippen LogP) is -6.04. The van der Waals surface area contributed by atoms with Crippen molar-refractivity contribution in [1.29, 1.82) is 0 Å². The topological polar surface area (TPSA) is 376 Å². The molecule has 2 aromatic rings. The zero-order valence-electron chi connectivity index (χ0n) is 35.2. The van der Waals surface area contributed by atoms with E-state index in [1.807, 2.05) is 0 Å². The Kier molecular flexibility index (Phi) is 16.2. The molecule has 1 aromatic carbocycles. The smallest absolute Gasteiger partial charge is 0.248 e. The van der Waals surface area contributed by atoms with Crippen LogP contribution < -0.4 is 43.0 Å². The molecule has 3 aliphatic rings. The minimum Gasteiger partial charge on any atom is -0.593 e. The van der Waals surface area contributed by atoms with Crippen LogP contribution in [0, 0.1) is 11.8 Å². The summed E-state index contributed by atoms with van der Waals surface area (Å²) in [6, 6.07) is -5.93. The molecule has 24 nitrogen and oxygen atoms in total. The van der Waals surface area contributed by atoms with Gasteiger partial charge in [0, 0.05) is 36.8 Å². The molecule has 9 amide bonds. The number of phenolic OH excluding ortho intramolecular Hbond substituents is 1. The molecule has 1 saturated heterocycles. The number of fused-ring (bicyclic) bond motifs is 5. The van der Waals surface area contributed by atoms with Crippen LogP contribution in [0.3, 0.4) is 0 Å². The van der Waals surface area contributed by atoms with Crippen LogP contribution in [-0.2, 0) is 60.9 Å². The number of primary amides is 1. The summed E-state index contributed by atoms with van der Waals surface area (Å²) in [6.45, 7) is 1.77. The SMILES string of the molecule is CC[C@H](C)[C@@H]1NC(=O)CNC(=O)[C@@H]2Cc3cn(c4cc(O)ccc34)[S+]([O-])C[C@H](NC(=O)CNC1=O)C(=O)N[C@@H](CC(N)=O)C(=O)N1C[C@H](O)C[C@H]1C(=O)N[C@@H]([C@@H](C)[C@@H](O)CO)C(=O)N2. The van der Waals surface area contributed by atoms with Crippen LogP contribution in [0.5, 0.6) is 5.75 Å². The molecule has 64 heavy (non-hydrogen) atoms. The zero-order valence-corrected chi connectivity index (χ0v) is 36.0. The molecular formula is C39H54N10O14S. The summed E-state index contributed by atoms with van der Waals surface area (Å²) < 4.78 is 15.5. The van der Waals surface area contributed by atoms with Gasteiger partial charge in [-0.2, -0.15) is 3.97 Å². The lowest BCUT2D eigenvalue weighted by molar-refractivity contribution is -0.144. The number of nitrogens with zero attached hydrogens (tertiary/aromatic N) is 2. The number of aliphatic hydroxyl groups excluding tert-OH is 3. The number of carbonyl (C=O) groups excluding carboxylic acids is 9. The largest absolute Gasteiger partial charge is 0.593 e. The number of benzene rings is 1. The first-order chi connectivity index (χ1) is 30.2. The quantitative estimate of drug-likeness (QED) is 0.115. The molecule has 3 aliphatic heterocycles. The molecule has 1 unspecified atom stereocenters. The molecule has 0 saturated carbocycles. The van der Waals surface area contributed by atoms with Crippen molar-refractivity contribution in [2.75, 3.05) is 32.0 Å². The van der Waals surface area contributed by atoms with E-state index in [4.69, 9.17) is 5.73 Å². The molecule has 25 heteroatoms. The van der Waals surface area contributed by atoms with Crippen molar-refractivity contribution in [1.82, 2.24) is 46.1 Å². The maximum Gasteiger partial charge on any atom is 0.248 e. The lowest BCUT2D eigenvalue weighted by Crippen LogP contribution is -2.62. The van der Waals surface area contributed by atoms with Crippen LogP contribution in [0.15, 0.2) is 24.4 Å². The Bertz CT molecular complexity index is 2160. The number of nitrogens with two attached hydrogens (primary N) is 1. The predicted molar refractivity (Wildman–Crippen MR) is 223 cm³/mol. The van der Waals surface area contributed by atoms with E-state index in [1.165, 1.54) is 31.3 Å². The van der Waals surface area contributed by atoms with Crippen molar-refractivity contribution in [3.05, 3.63) is 30.0 Å². The van der Waals surface area contributed by atoms with Gasteiger partial charge in [-0.3, -0.25) is 43.2 Å². The number of rotatable bonds is 7. The number of carbonyl (C=O) groups is 9. The van der Waals surface area contributed by atoms with Gasteiger partial charge in [0.25, 0.3) is 0 Å². The van der Waals surface area contributed by atoms with Crippen LogP contribution in [0.4, 0.5) is 0 Å². The Balaban J connectivity index is 1.72.